The summed E-state index contributed by atoms with van der Waals surface area (Å²) in [6, 6.07) is 3.74. The van der Waals surface area contributed by atoms with E-state index in [0.717, 1.165) is 6.42 Å². The fourth-order valence-electron chi connectivity index (χ4n) is 2.01. The summed E-state index contributed by atoms with van der Waals surface area (Å²) in [4.78, 5) is 23.6. The summed E-state index contributed by atoms with van der Waals surface area (Å²) in [6.07, 6.45) is 3.38. The van der Waals surface area contributed by atoms with Gasteiger partial charge >= 0.3 is 6.09 Å². The number of amides is 1. The number of carbonyl (C=O) groups excluding carboxylic acids is 1. The highest BCUT2D eigenvalue weighted by Crippen LogP contribution is 2.27. The molecule has 2 rings (SSSR count). The average molecular weight is 380 g/mol. The smallest absolute Gasteiger partial charge is 0.412 e. The zero-order chi connectivity index (χ0) is 18.9. The van der Waals surface area contributed by atoms with E-state index in [9.17, 15) is 4.79 Å². The van der Waals surface area contributed by atoms with Gasteiger partial charge in [-0.15, -0.1) is 0 Å². The van der Waals surface area contributed by atoms with Crippen LogP contribution in [0.2, 0.25) is 5.02 Å². The molecule has 0 bridgehead atoms. The number of pyridine rings is 1. The Morgan fingerprint density at radius 2 is 2.12 bits per heavy atom. The van der Waals surface area contributed by atoms with Gasteiger partial charge in [0, 0.05) is 30.4 Å². The van der Waals surface area contributed by atoms with Crippen LogP contribution in [0.4, 0.5) is 10.6 Å². The second kappa shape index (κ2) is 9.88. The number of nitrogens with zero attached hydrogens (tertiary/aromatic N) is 3. The van der Waals surface area contributed by atoms with E-state index in [2.05, 4.69) is 44.2 Å². The lowest BCUT2D eigenvalue weighted by atomic mass is 10.2. The summed E-state index contributed by atoms with van der Waals surface area (Å²) in [6.45, 7) is 5.42. The number of nitrogens with one attached hydrogen (secondary N) is 2. The highest BCUT2D eigenvalue weighted by molar-refractivity contribution is 6.32. The molecule has 0 aliphatic heterocycles. The minimum absolute atomic E-state index is 0.314. The second-order valence-electron chi connectivity index (χ2n) is 5.53. The van der Waals surface area contributed by atoms with Crippen LogP contribution in [-0.2, 0) is 4.74 Å². The Labute approximate surface area is 157 Å². The van der Waals surface area contributed by atoms with Crippen molar-refractivity contribution in [3.05, 3.63) is 29.7 Å². The number of halogens is 1. The average Bonchev–Trinajstić information content (AvgIpc) is 2.66. The maximum absolute atomic E-state index is 11.3. The van der Waals surface area contributed by atoms with E-state index in [-0.39, 0.29) is 0 Å². The van der Waals surface area contributed by atoms with E-state index in [0.29, 0.717) is 47.2 Å². The molecular weight excluding hydrogens is 358 g/mol. The van der Waals surface area contributed by atoms with Gasteiger partial charge in [-0.25, -0.2) is 19.7 Å². The molecular formula is C17H22ClN5O3. The molecule has 0 aliphatic rings. The van der Waals surface area contributed by atoms with Gasteiger partial charge in [0.2, 0.25) is 5.88 Å². The van der Waals surface area contributed by atoms with Crippen LogP contribution < -0.4 is 15.4 Å². The number of ether oxygens (including phenoxy) is 2. The van der Waals surface area contributed by atoms with Crippen molar-refractivity contribution in [3.63, 3.8) is 0 Å². The molecule has 26 heavy (non-hydrogen) atoms. The van der Waals surface area contributed by atoms with Gasteiger partial charge in [0.15, 0.2) is 0 Å². The lowest BCUT2D eigenvalue weighted by molar-refractivity contribution is 0.187. The van der Waals surface area contributed by atoms with Gasteiger partial charge in [0.25, 0.3) is 0 Å². The summed E-state index contributed by atoms with van der Waals surface area (Å²) in [5, 5.41) is 6.19. The predicted molar refractivity (Wildman–Crippen MR) is 99.6 cm³/mol. The molecule has 1 amide bonds. The van der Waals surface area contributed by atoms with Crippen LogP contribution in [0.1, 0.15) is 20.3 Å². The van der Waals surface area contributed by atoms with Crippen molar-refractivity contribution in [2.24, 2.45) is 0 Å². The first kappa shape index (κ1) is 19.9. The van der Waals surface area contributed by atoms with E-state index in [4.69, 9.17) is 16.3 Å². The number of carbonyl (C=O) groups is 1. The van der Waals surface area contributed by atoms with E-state index >= 15 is 0 Å². The summed E-state index contributed by atoms with van der Waals surface area (Å²) < 4.78 is 10.1. The molecule has 0 saturated carbocycles. The first-order valence-corrected chi connectivity index (χ1v) is 8.60. The third-order valence-electron chi connectivity index (χ3n) is 3.63. The Hall–Kier alpha value is -2.45. The molecule has 2 aromatic heterocycles. The Morgan fingerprint density at radius 3 is 2.81 bits per heavy atom. The van der Waals surface area contributed by atoms with Gasteiger partial charge in [0.05, 0.1) is 12.8 Å². The van der Waals surface area contributed by atoms with Gasteiger partial charge in [-0.1, -0.05) is 18.5 Å². The molecule has 0 aromatic carbocycles. The van der Waals surface area contributed by atoms with Crippen molar-refractivity contribution in [1.29, 1.82) is 0 Å². The number of aromatic nitrogens is 3. The number of hydrogen-bond acceptors (Lipinski definition) is 7. The van der Waals surface area contributed by atoms with E-state index in [1.54, 1.807) is 18.3 Å². The molecule has 9 heteroatoms. The molecule has 0 fully saturated rings. The first-order valence-electron chi connectivity index (χ1n) is 8.22. The van der Waals surface area contributed by atoms with E-state index < -0.39 is 6.09 Å². The number of rotatable bonds is 8. The van der Waals surface area contributed by atoms with Gasteiger partial charge in [-0.3, -0.25) is 5.32 Å². The third kappa shape index (κ3) is 5.82. The lowest BCUT2D eigenvalue weighted by Gasteiger charge is -2.12. The van der Waals surface area contributed by atoms with E-state index in [1.807, 2.05) is 0 Å². The zero-order valence-electron chi connectivity index (χ0n) is 15.0. The Bertz CT molecular complexity index is 744. The first-order chi connectivity index (χ1) is 12.5. The fourth-order valence-corrected chi connectivity index (χ4v) is 2.23. The van der Waals surface area contributed by atoms with E-state index in [1.165, 1.54) is 13.4 Å². The minimum Gasteiger partial charge on any atom is -0.475 e. The maximum Gasteiger partial charge on any atom is 0.412 e. The van der Waals surface area contributed by atoms with Crippen LogP contribution in [0.3, 0.4) is 0 Å². The molecule has 2 aromatic rings. The van der Waals surface area contributed by atoms with Crippen molar-refractivity contribution in [3.8, 4) is 17.1 Å². The van der Waals surface area contributed by atoms with Crippen molar-refractivity contribution in [1.82, 2.24) is 20.3 Å². The number of anilines is 1. The number of hydrogen-bond donors (Lipinski definition) is 2. The van der Waals surface area contributed by atoms with Crippen LogP contribution in [0.5, 0.6) is 5.88 Å². The molecule has 1 atom stereocenters. The molecule has 0 saturated heterocycles. The van der Waals surface area contributed by atoms with Crippen LogP contribution in [0.25, 0.3) is 11.3 Å². The van der Waals surface area contributed by atoms with Gasteiger partial charge in [-0.2, -0.15) is 0 Å². The number of methoxy groups -OCH3 is 1. The molecule has 2 heterocycles. The summed E-state index contributed by atoms with van der Waals surface area (Å²) in [5.74, 6) is 0.678. The van der Waals surface area contributed by atoms with Crippen molar-refractivity contribution in [2.45, 2.75) is 26.3 Å². The second-order valence-corrected chi connectivity index (χ2v) is 5.94. The summed E-state index contributed by atoms with van der Waals surface area (Å²) in [5.41, 5.74) is 1.24. The Balaban J connectivity index is 2.02. The van der Waals surface area contributed by atoms with Crippen molar-refractivity contribution >= 4 is 23.5 Å². The topological polar surface area (TPSA) is 98.3 Å². The highest BCUT2D eigenvalue weighted by atomic mass is 35.5. The zero-order valence-corrected chi connectivity index (χ0v) is 15.7. The molecule has 0 aliphatic carbocycles. The van der Waals surface area contributed by atoms with Crippen LogP contribution in [0, 0.1) is 0 Å². The fraction of sp³-hybridized carbons (Fsp3) is 0.412. The Morgan fingerprint density at radius 1 is 1.31 bits per heavy atom. The standard InChI is InChI=1S/C17H22ClN5O3/c1-4-11(2)19-5-6-26-16-13(18)7-12(9-20-16)14-8-15(22-10-21-14)23-17(24)25-3/h7-11,19H,4-6H2,1-3H3,(H,21,22,23,24). The lowest BCUT2D eigenvalue weighted by Crippen LogP contribution is -2.29. The maximum atomic E-state index is 11.3. The SMILES string of the molecule is CCC(C)NCCOc1ncc(-c2cc(NC(=O)OC)ncn2)cc1Cl. The molecule has 140 valence electrons. The van der Waals surface area contributed by atoms with Gasteiger partial charge < -0.3 is 14.8 Å². The molecule has 2 N–H and O–H groups in total. The van der Waals surface area contributed by atoms with Crippen molar-refractivity contribution in [2.75, 3.05) is 25.6 Å². The van der Waals surface area contributed by atoms with Crippen LogP contribution >= 0.6 is 11.6 Å². The molecule has 1 unspecified atom stereocenters. The largest absolute Gasteiger partial charge is 0.475 e. The van der Waals surface area contributed by atoms with Crippen LogP contribution in [-0.4, -0.2) is 47.3 Å². The quantitative estimate of drug-likeness (QED) is 0.680. The monoisotopic (exact) mass is 379 g/mol. The summed E-state index contributed by atoms with van der Waals surface area (Å²) >= 11 is 6.25. The molecule has 0 spiro atoms. The predicted octanol–water partition coefficient (Wildman–Crippen LogP) is 3.14. The summed E-state index contributed by atoms with van der Waals surface area (Å²) in [7, 11) is 1.28. The normalized spacial score (nSPS) is 11.7. The van der Waals surface area contributed by atoms with Gasteiger partial charge in [0.1, 0.15) is 23.8 Å². The third-order valence-corrected chi connectivity index (χ3v) is 3.90. The van der Waals surface area contributed by atoms with Crippen molar-refractivity contribution < 1.29 is 14.3 Å². The highest BCUT2D eigenvalue weighted by Gasteiger charge is 2.10. The minimum atomic E-state index is -0.611. The Kier molecular flexibility index (Phi) is 7.55. The molecule has 0 radical (unpaired) electrons. The van der Waals surface area contributed by atoms with Crippen LogP contribution in [0.15, 0.2) is 24.7 Å². The molecule has 8 nitrogen and oxygen atoms in total. The van der Waals surface area contributed by atoms with Gasteiger partial charge in [-0.05, 0) is 19.4 Å².